The molecule has 1 aromatic heterocycles. The summed E-state index contributed by atoms with van der Waals surface area (Å²) < 4.78 is 5.78. The second-order valence-corrected chi connectivity index (χ2v) is 7.02. The number of nitro benzene ring substituents is 1. The van der Waals surface area contributed by atoms with Crippen LogP contribution >= 0.6 is 0 Å². The topological polar surface area (TPSA) is 123 Å². The smallest absolute Gasteiger partial charge is 0.289 e. The summed E-state index contributed by atoms with van der Waals surface area (Å²) in [6, 6.07) is 24.8. The molecule has 0 saturated heterocycles. The lowest BCUT2D eigenvalue weighted by Crippen LogP contribution is -2.18. The molecule has 0 bridgehead atoms. The van der Waals surface area contributed by atoms with E-state index in [0.29, 0.717) is 17.9 Å². The van der Waals surface area contributed by atoms with Gasteiger partial charge in [0.25, 0.3) is 11.6 Å². The summed E-state index contributed by atoms with van der Waals surface area (Å²) in [4.78, 5) is 22.6. The van der Waals surface area contributed by atoms with Gasteiger partial charge in [-0.1, -0.05) is 42.5 Å². The number of aromatic nitrogens is 2. The predicted molar refractivity (Wildman–Crippen MR) is 123 cm³/mol. The largest absolute Gasteiger partial charge is 0.489 e. The Bertz CT molecular complexity index is 1280. The average molecular weight is 441 g/mol. The van der Waals surface area contributed by atoms with Crippen molar-refractivity contribution in [2.75, 3.05) is 0 Å². The summed E-state index contributed by atoms with van der Waals surface area (Å²) in [6.45, 7) is 0.476. The molecule has 4 aromatic rings. The first-order valence-electron chi connectivity index (χ1n) is 9.99. The maximum Gasteiger partial charge on any atom is 0.289 e. The Morgan fingerprint density at radius 3 is 2.61 bits per heavy atom. The molecule has 0 unspecified atom stereocenters. The number of H-pyrrole nitrogens is 1. The fourth-order valence-corrected chi connectivity index (χ4v) is 2.99. The zero-order valence-corrected chi connectivity index (χ0v) is 17.3. The Morgan fingerprint density at radius 2 is 1.85 bits per heavy atom. The van der Waals surface area contributed by atoms with Gasteiger partial charge in [0.15, 0.2) is 0 Å². The zero-order chi connectivity index (χ0) is 23.0. The Labute approximate surface area is 188 Å². The van der Waals surface area contributed by atoms with Crippen LogP contribution in [0.25, 0.3) is 11.3 Å². The molecular weight excluding hydrogens is 422 g/mol. The Kier molecular flexibility index (Phi) is 6.51. The van der Waals surface area contributed by atoms with Crippen LogP contribution < -0.4 is 10.2 Å². The number of nitrogens with zero attached hydrogens (tertiary/aromatic N) is 3. The van der Waals surface area contributed by atoms with Crippen molar-refractivity contribution in [2.24, 2.45) is 5.10 Å². The number of benzene rings is 3. The highest BCUT2D eigenvalue weighted by Crippen LogP contribution is 2.22. The fourth-order valence-electron chi connectivity index (χ4n) is 2.99. The molecule has 9 heteroatoms. The maximum atomic E-state index is 12.3. The molecule has 0 aliphatic rings. The monoisotopic (exact) mass is 441 g/mol. The van der Waals surface area contributed by atoms with E-state index in [0.717, 1.165) is 16.9 Å². The summed E-state index contributed by atoms with van der Waals surface area (Å²) in [6.07, 6.45) is 1.33. The molecule has 2 N–H and O–H groups in total. The van der Waals surface area contributed by atoms with E-state index in [9.17, 15) is 14.9 Å². The molecule has 3 aromatic carbocycles. The van der Waals surface area contributed by atoms with Gasteiger partial charge < -0.3 is 4.74 Å². The number of nitrogens with one attached hydrogen (secondary N) is 2. The summed E-state index contributed by atoms with van der Waals surface area (Å²) in [5.74, 6) is 0.241. The molecule has 0 atom stereocenters. The minimum absolute atomic E-state index is 0.0556. The number of hydrogen-bond acceptors (Lipinski definition) is 6. The van der Waals surface area contributed by atoms with Crippen LogP contribution in [-0.4, -0.2) is 27.2 Å². The summed E-state index contributed by atoms with van der Waals surface area (Å²) in [5, 5.41) is 21.5. The van der Waals surface area contributed by atoms with Crippen molar-refractivity contribution in [2.45, 2.75) is 6.61 Å². The molecule has 0 aliphatic carbocycles. The van der Waals surface area contributed by atoms with Crippen LogP contribution in [0.2, 0.25) is 0 Å². The molecule has 0 fully saturated rings. The first-order valence-corrected chi connectivity index (χ1v) is 9.99. The third-order valence-corrected chi connectivity index (χ3v) is 4.68. The Balaban J connectivity index is 1.34. The molecular formula is C24H19N5O4. The standard InChI is InChI=1S/C24H19N5O4/c30-24(28-25-15-18-7-4-8-20(13-18)29(31)32)23-14-22(26-27-23)19-9-11-21(12-10-19)33-16-17-5-2-1-3-6-17/h1-15H,16H2,(H,26,27)(H,28,30)/b25-15-. The molecule has 0 saturated carbocycles. The van der Waals surface area contributed by atoms with Crippen LogP contribution in [-0.2, 0) is 6.61 Å². The van der Waals surface area contributed by atoms with Gasteiger partial charge in [0, 0.05) is 23.3 Å². The minimum Gasteiger partial charge on any atom is -0.489 e. The predicted octanol–water partition coefficient (Wildman–Crippen LogP) is 4.33. The number of non-ortho nitro benzene ring substituents is 1. The first-order chi connectivity index (χ1) is 16.1. The van der Waals surface area contributed by atoms with Crippen LogP contribution in [0.1, 0.15) is 21.6 Å². The van der Waals surface area contributed by atoms with E-state index in [2.05, 4.69) is 20.7 Å². The van der Waals surface area contributed by atoms with E-state index >= 15 is 0 Å². The van der Waals surface area contributed by atoms with Crippen LogP contribution in [0.3, 0.4) is 0 Å². The van der Waals surface area contributed by atoms with Gasteiger partial charge in [-0.25, -0.2) is 5.43 Å². The fraction of sp³-hybridized carbons (Fsp3) is 0.0417. The van der Waals surface area contributed by atoms with Crippen LogP contribution in [0.5, 0.6) is 5.75 Å². The molecule has 0 aliphatic heterocycles. The second kappa shape index (κ2) is 10.0. The number of hydrogen-bond donors (Lipinski definition) is 2. The van der Waals surface area contributed by atoms with Crippen LogP contribution in [0.4, 0.5) is 5.69 Å². The van der Waals surface area contributed by atoms with Crippen molar-refractivity contribution < 1.29 is 14.5 Å². The SMILES string of the molecule is O=C(N/N=C\c1cccc([N+](=O)[O-])c1)c1cc(-c2ccc(OCc3ccccc3)cc2)n[nH]1. The molecule has 33 heavy (non-hydrogen) atoms. The maximum absolute atomic E-state index is 12.3. The van der Waals surface area contributed by atoms with Gasteiger partial charge in [0.1, 0.15) is 18.1 Å². The van der Waals surface area contributed by atoms with Gasteiger partial charge in [0.2, 0.25) is 0 Å². The van der Waals surface area contributed by atoms with Crippen LogP contribution in [0.15, 0.2) is 90.0 Å². The number of ether oxygens (including phenoxy) is 1. The van der Waals surface area contributed by atoms with Crippen molar-refractivity contribution in [3.8, 4) is 17.0 Å². The minimum atomic E-state index is -0.496. The van der Waals surface area contributed by atoms with E-state index in [-0.39, 0.29) is 11.4 Å². The highest BCUT2D eigenvalue weighted by molar-refractivity contribution is 5.94. The molecule has 1 amide bonds. The van der Waals surface area contributed by atoms with Crippen molar-refractivity contribution in [1.29, 1.82) is 0 Å². The van der Waals surface area contributed by atoms with E-state index in [4.69, 9.17) is 4.74 Å². The summed E-state index contributed by atoms with van der Waals surface area (Å²) in [7, 11) is 0. The third-order valence-electron chi connectivity index (χ3n) is 4.68. The van der Waals surface area contributed by atoms with Gasteiger partial charge in [-0.2, -0.15) is 10.2 Å². The van der Waals surface area contributed by atoms with Gasteiger partial charge >= 0.3 is 0 Å². The van der Waals surface area contributed by atoms with Crippen molar-refractivity contribution in [3.05, 3.63) is 112 Å². The Morgan fingerprint density at radius 1 is 1.06 bits per heavy atom. The lowest BCUT2D eigenvalue weighted by molar-refractivity contribution is -0.384. The van der Waals surface area contributed by atoms with Gasteiger partial charge in [-0.05, 0) is 35.9 Å². The van der Waals surface area contributed by atoms with Gasteiger partial charge in [-0.3, -0.25) is 20.0 Å². The lowest BCUT2D eigenvalue weighted by atomic mass is 10.1. The summed E-state index contributed by atoms with van der Waals surface area (Å²) >= 11 is 0. The van der Waals surface area contributed by atoms with E-state index in [1.54, 1.807) is 18.2 Å². The number of aromatic amines is 1. The third kappa shape index (κ3) is 5.67. The van der Waals surface area contributed by atoms with Gasteiger partial charge in [-0.15, -0.1) is 0 Å². The van der Waals surface area contributed by atoms with Crippen LogP contribution in [0, 0.1) is 10.1 Å². The number of carbonyl (C=O) groups excluding carboxylic acids is 1. The molecule has 1 heterocycles. The van der Waals surface area contributed by atoms with E-state index < -0.39 is 10.8 Å². The normalized spacial score (nSPS) is 10.8. The van der Waals surface area contributed by atoms with Crippen molar-refractivity contribution in [1.82, 2.24) is 15.6 Å². The zero-order valence-electron chi connectivity index (χ0n) is 17.3. The highest BCUT2D eigenvalue weighted by Gasteiger charge is 2.11. The number of rotatable bonds is 8. The number of carbonyl (C=O) groups is 1. The lowest BCUT2D eigenvalue weighted by Gasteiger charge is -2.06. The molecule has 4 rings (SSSR count). The molecule has 0 radical (unpaired) electrons. The summed E-state index contributed by atoms with van der Waals surface area (Å²) in [5.41, 5.74) is 5.53. The number of amides is 1. The van der Waals surface area contributed by atoms with E-state index in [1.165, 1.54) is 18.3 Å². The van der Waals surface area contributed by atoms with E-state index in [1.807, 2.05) is 54.6 Å². The average Bonchev–Trinajstić information content (AvgIpc) is 3.34. The highest BCUT2D eigenvalue weighted by atomic mass is 16.6. The van der Waals surface area contributed by atoms with Crippen molar-refractivity contribution >= 4 is 17.8 Å². The first kappa shape index (κ1) is 21.4. The number of hydrazone groups is 1. The number of nitro groups is 1. The van der Waals surface area contributed by atoms with Gasteiger partial charge in [0.05, 0.1) is 16.8 Å². The Hall–Kier alpha value is -4.79. The molecule has 9 nitrogen and oxygen atoms in total. The van der Waals surface area contributed by atoms with Crippen molar-refractivity contribution in [3.63, 3.8) is 0 Å². The second-order valence-electron chi connectivity index (χ2n) is 7.02. The molecule has 164 valence electrons. The molecule has 0 spiro atoms. The quantitative estimate of drug-likeness (QED) is 0.239.